The molecule has 11 heavy (non-hydrogen) atoms. The minimum absolute atomic E-state index is 0.791. The van der Waals surface area contributed by atoms with Crippen LogP contribution >= 0.6 is 15.9 Å². The summed E-state index contributed by atoms with van der Waals surface area (Å²) in [5, 5.41) is 12.2. The molecule has 0 bridgehead atoms. The van der Waals surface area contributed by atoms with Crippen molar-refractivity contribution in [2.45, 2.75) is 6.54 Å². The molecule has 1 rings (SSSR count). The van der Waals surface area contributed by atoms with Crippen LogP contribution < -0.4 is 5.32 Å². The van der Waals surface area contributed by atoms with E-state index in [1.54, 1.807) is 11.0 Å². The van der Waals surface area contributed by atoms with E-state index in [9.17, 15) is 0 Å². The molecule has 0 saturated carbocycles. The van der Waals surface area contributed by atoms with Crippen LogP contribution in [0.1, 0.15) is 5.69 Å². The van der Waals surface area contributed by atoms with Crippen molar-refractivity contribution >= 4 is 15.9 Å². The Kier molecular flexibility index (Phi) is 3.51. The predicted octanol–water partition coefficient (Wildman–Crippen LogP) is 0.300. The molecule has 0 aromatic carbocycles. The molecule has 0 aliphatic rings. The van der Waals surface area contributed by atoms with E-state index >= 15 is 0 Å². The first-order valence-corrected chi connectivity index (χ1v) is 4.57. The Morgan fingerprint density at radius 2 is 2.55 bits per heavy atom. The quantitative estimate of drug-likeness (QED) is 0.585. The van der Waals surface area contributed by atoms with Gasteiger partial charge in [0.2, 0.25) is 0 Å². The zero-order chi connectivity index (χ0) is 8.10. The van der Waals surface area contributed by atoms with Gasteiger partial charge in [0, 0.05) is 25.5 Å². The molecule has 0 atom stereocenters. The topological polar surface area (TPSA) is 42.7 Å². The number of nitrogens with one attached hydrogen (secondary N) is 1. The van der Waals surface area contributed by atoms with Gasteiger partial charge in [0.25, 0.3) is 0 Å². The van der Waals surface area contributed by atoms with Crippen molar-refractivity contribution in [2.75, 3.05) is 11.9 Å². The van der Waals surface area contributed by atoms with Gasteiger partial charge in [-0.25, -0.2) is 0 Å². The highest BCUT2D eigenvalue weighted by atomic mass is 79.9. The molecule has 0 spiro atoms. The summed E-state index contributed by atoms with van der Waals surface area (Å²) in [5.41, 5.74) is 0.980. The van der Waals surface area contributed by atoms with E-state index in [-0.39, 0.29) is 0 Å². The lowest BCUT2D eigenvalue weighted by atomic mass is 10.5. The van der Waals surface area contributed by atoms with Gasteiger partial charge in [0.15, 0.2) is 0 Å². The maximum Gasteiger partial charge on any atom is 0.0964 e. The Balaban J connectivity index is 2.27. The summed E-state index contributed by atoms with van der Waals surface area (Å²) in [6.07, 6.45) is 1.77. The van der Waals surface area contributed by atoms with Gasteiger partial charge in [-0.2, -0.15) is 15.0 Å². The fourth-order valence-electron chi connectivity index (χ4n) is 0.752. The molecular formula is C6H11BrN4. The fraction of sp³-hybridized carbons (Fsp3) is 0.667. The molecule has 1 aromatic rings. The Bertz CT molecular complexity index is 210. The van der Waals surface area contributed by atoms with E-state index in [0.29, 0.717) is 0 Å². The molecule has 1 heterocycles. The number of aryl methyl sites for hydroxylation is 1. The summed E-state index contributed by atoms with van der Waals surface area (Å²) < 4.78 is 0. The highest BCUT2D eigenvalue weighted by molar-refractivity contribution is 9.09. The van der Waals surface area contributed by atoms with Crippen LogP contribution in [0, 0.1) is 0 Å². The lowest BCUT2D eigenvalue weighted by Gasteiger charge is -1.96. The van der Waals surface area contributed by atoms with Crippen LogP contribution in [0.25, 0.3) is 0 Å². The van der Waals surface area contributed by atoms with E-state index in [1.165, 1.54) is 0 Å². The number of halogens is 1. The fourth-order valence-corrected chi connectivity index (χ4v) is 1.03. The number of aromatic nitrogens is 3. The van der Waals surface area contributed by atoms with Crippen LogP contribution in [0.3, 0.4) is 0 Å². The highest BCUT2D eigenvalue weighted by Crippen LogP contribution is 1.88. The maximum atomic E-state index is 4.11. The SMILES string of the molecule is Cn1ncc(CNCCBr)n1. The molecule has 1 N–H and O–H groups in total. The van der Waals surface area contributed by atoms with Gasteiger partial charge in [-0.1, -0.05) is 15.9 Å². The van der Waals surface area contributed by atoms with Crippen LogP contribution in [0.2, 0.25) is 0 Å². The molecule has 0 aliphatic heterocycles. The van der Waals surface area contributed by atoms with Gasteiger partial charge in [-0.05, 0) is 0 Å². The van der Waals surface area contributed by atoms with E-state index in [4.69, 9.17) is 0 Å². The first-order chi connectivity index (χ1) is 5.33. The summed E-state index contributed by atoms with van der Waals surface area (Å²) in [6, 6.07) is 0. The summed E-state index contributed by atoms with van der Waals surface area (Å²) in [4.78, 5) is 1.56. The van der Waals surface area contributed by atoms with E-state index in [2.05, 4.69) is 31.4 Å². The summed E-state index contributed by atoms with van der Waals surface area (Å²) in [5.74, 6) is 0. The van der Waals surface area contributed by atoms with Gasteiger partial charge in [0.05, 0.1) is 11.9 Å². The first-order valence-electron chi connectivity index (χ1n) is 3.45. The molecule has 0 saturated heterocycles. The average Bonchev–Trinajstić information content (AvgIpc) is 2.37. The Labute approximate surface area is 74.1 Å². The minimum Gasteiger partial charge on any atom is -0.310 e. The van der Waals surface area contributed by atoms with Gasteiger partial charge in [-0.15, -0.1) is 0 Å². The third kappa shape index (κ3) is 2.98. The molecule has 0 aliphatic carbocycles. The number of nitrogens with zero attached hydrogens (tertiary/aromatic N) is 3. The standard InChI is InChI=1S/C6H11BrN4/c1-11-9-5-6(10-11)4-8-3-2-7/h5,8H,2-4H2,1H3. The van der Waals surface area contributed by atoms with Crippen molar-refractivity contribution in [1.29, 1.82) is 0 Å². The highest BCUT2D eigenvalue weighted by Gasteiger charge is 1.95. The molecule has 0 amide bonds. The van der Waals surface area contributed by atoms with Gasteiger partial charge in [-0.3, -0.25) is 0 Å². The number of hydrogen-bond donors (Lipinski definition) is 1. The second-order valence-electron chi connectivity index (χ2n) is 2.19. The molecule has 0 fully saturated rings. The monoisotopic (exact) mass is 218 g/mol. The summed E-state index contributed by atoms with van der Waals surface area (Å²) in [7, 11) is 1.81. The number of hydrogen-bond acceptors (Lipinski definition) is 3. The normalized spacial score (nSPS) is 10.4. The zero-order valence-corrected chi connectivity index (χ0v) is 8.00. The Morgan fingerprint density at radius 3 is 3.09 bits per heavy atom. The van der Waals surface area contributed by atoms with Gasteiger partial charge < -0.3 is 5.32 Å². The van der Waals surface area contributed by atoms with Gasteiger partial charge >= 0.3 is 0 Å². The van der Waals surface area contributed by atoms with E-state index < -0.39 is 0 Å². The van der Waals surface area contributed by atoms with Gasteiger partial charge in [0.1, 0.15) is 0 Å². The third-order valence-electron chi connectivity index (χ3n) is 1.22. The average molecular weight is 219 g/mol. The lowest BCUT2D eigenvalue weighted by molar-refractivity contribution is 0.631. The van der Waals surface area contributed by atoms with Crippen LogP contribution in [-0.2, 0) is 13.6 Å². The number of rotatable bonds is 4. The van der Waals surface area contributed by atoms with E-state index in [0.717, 1.165) is 24.1 Å². The smallest absolute Gasteiger partial charge is 0.0964 e. The van der Waals surface area contributed by atoms with Crippen LogP contribution in [0.15, 0.2) is 6.20 Å². The summed E-state index contributed by atoms with van der Waals surface area (Å²) in [6.45, 7) is 1.75. The third-order valence-corrected chi connectivity index (χ3v) is 1.62. The molecule has 0 unspecified atom stereocenters. The predicted molar refractivity (Wildman–Crippen MR) is 46.5 cm³/mol. The summed E-state index contributed by atoms with van der Waals surface area (Å²) >= 11 is 3.32. The molecule has 4 nitrogen and oxygen atoms in total. The van der Waals surface area contributed by atoms with E-state index in [1.807, 2.05) is 7.05 Å². The van der Waals surface area contributed by atoms with Crippen molar-refractivity contribution < 1.29 is 0 Å². The zero-order valence-electron chi connectivity index (χ0n) is 6.42. The largest absolute Gasteiger partial charge is 0.310 e. The van der Waals surface area contributed by atoms with Crippen molar-refractivity contribution in [2.24, 2.45) is 7.05 Å². The Morgan fingerprint density at radius 1 is 1.73 bits per heavy atom. The van der Waals surface area contributed by atoms with Crippen molar-refractivity contribution in [1.82, 2.24) is 20.3 Å². The molecule has 5 heteroatoms. The second-order valence-corrected chi connectivity index (χ2v) is 2.98. The van der Waals surface area contributed by atoms with Crippen molar-refractivity contribution in [3.05, 3.63) is 11.9 Å². The molecule has 1 aromatic heterocycles. The second kappa shape index (κ2) is 4.46. The number of alkyl halides is 1. The first kappa shape index (κ1) is 8.67. The minimum atomic E-state index is 0.791. The van der Waals surface area contributed by atoms with Crippen LogP contribution in [0.4, 0.5) is 0 Å². The molecule has 0 radical (unpaired) electrons. The van der Waals surface area contributed by atoms with Crippen molar-refractivity contribution in [3.63, 3.8) is 0 Å². The lowest BCUT2D eigenvalue weighted by Crippen LogP contribution is -2.15. The maximum absolute atomic E-state index is 4.11. The molecular weight excluding hydrogens is 208 g/mol. The van der Waals surface area contributed by atoms with Crippen LogP contribution in [-0.4, -0.2) is 26.9 Å². The molecule has 62 valence electrons. The van der Waals surface area contributed by atoms with Crippen molar-refractivity contribution in [3.8, 4) is 0 Å². The van der Waals surface area contributed by atoms with Crippen LogP contribution in [0.5, 0.6) is 0 Å². The Hall–Kier alpha value is -0.420.